The molecule has 0 saturated heterocycles. The number of thiazole rings is 1. The van der Waals surface area contributed by atoms with Crippen LogP contribution < -0.4 is 0 Å². The quantitative estimate of drug-likeness (QED) is 0.419. The summed E-state index contributed by atoms with van der Waals surface area (Å²) in [7, 11) is 0. The summed E-state index contributed by atoms with van der Waals surface area (Å²) in [5.74, 6) is -3.27. The van der Waals surface area contributed by atoms with E-state index < -0.39 is 69.0 Å². The minimum absolute atomic E-state index is 0.0338. The van der Waals surface area contributed by atoms with Crippen molar-refractivity contribution >= 4 is 40.8 Å². The van der Waals surface area contributed by atoms with E-state index in [0.717, 1.165) is 17.4 Å². The summed E-state index contributed by atoms with van der Waals surface area (Å²) < 4.78 is 39.1. The van der Waals surface area contributed by atoms with Gasteiger partial charge in [-0.15, -0.1) is 24.0 Å². The van der Waals surface area contributed by atoms with E-state index >= 15 is 8.78 Å². The number of carbonyl (C=O) groups is 3. The van der Waals surface area contributed by atoms with Gasteiger partial charge in [-0.05, 0) is 63.7 Å². The van der Waals surface area contributed by atoms with Crippen LogP contribution >= 0.6 is 24.0 Å². The van der Waals surface area contributed by atoms with Gasteiger partial charge in [-0.1, -0.05) is 19.9 Å². The number of alkyl halides is 2. The molecular formula is C27H31F2NO5S2. The lowest BCUT2D eigenvalue weighted by atomic mass is 9.44. The lowest BCUT2D eigenvalue weighted by Gasteiger charge is -2.63. The third-order valence-electron chi connectivity index (χ3n) is 9.83. The first-order valence-corrected chi connectivity index (χ1v) is 13.8. The van der Waals surface area contributed by atoms with Gasteiger partial charge in [-0.25, -0.2) is 18.6 Å². The number of hydrogen-bond acceptors (Lipinski definition) is 7. The molecule has 0 aromatic carbocycles. The fraction of sp³-hybridized carbons (Fsp3) is 0.630. The summed E-state index contributed by atoms with van der Waals surface area (Å²) in [6.45, 7) is 8.43. The van der Waals surface area contributed by atoms with Gasteiger partial charge in [0.1, 0.15) is 11.0 Å². The number of esters is 1. The molecule has 4 aliphatic carbocycles. The number of rotatable bonds is 3. The molecule has 9 atom stereocenters. The number of fused-ring (bicyclic) bond motifs is 5. The van der Waals surface area contributed by atoms with E-state index in [2.05, 4.69) is 17.6 Å². The molecule has 0 amide bonds. The molecule has 1 heterocycles. The number of allylic oxidation sites excluding steroid dienone is 4. The number of halogens is 2. The highest BCUT2D eigenvalue weighted by Gasteiger charge is 2.78. The first kappa shape index (κ1) is 26.7. The van der Waals surface area contributed by atoms with Gasteiger partial charge < -0.3 is 9.84 Å². The standard InChI is InChI=1S/C27H31F2NO5S2/c1-12-8-16-17-10-19(28)18-9-15(31)6-7-24(18,4)26(17,29)20(32)11-25(16,5)27(12,23(34)36)35-22(33)21-13(2)30-14(3)37-21/h6-7,9,12,16-17,19-20,32H,8,10-11H2,1-5H3,(H,34,36)/t12?,16-,17-,19?,20?,24-,25-,26?,27?/m0/s1. The summed E-state index contributed by atoms with van der Waals surface area (Å²) in [5, 5.41) is 11.5. The van der Waals surface area contributed by atoms with Gasteiger partial charge >= 0.3 is 5.97 Å². The molecule has 3 fully saturated rings. The predicted molar refractivity (Wildman–Crippen MR) is 137 cm³/mol. The largest absolute Gasteiger partial charge is 0.445 e. The fourth-order valence-corrected chi connectivity index (χ4v) is 9.47. The number of hydrogen-bond donors (Lipinski definition) is 2. The monoisotopic (exact) mass is 551 g/mol. The molecule has 5 unspecified atom stereocenters. The molecule has 0 aliphatic heterocycles. The van der Waals surface area contributed by atoms with Crippen LogP contribution in [0.25, 0.3) is 0 Å². The first-order valence-electron chi connectivity index (χ1n) is 12.5. The topological polar surface area (TPSA) is 93.6 Å². The molecule has 10 heteroatoms. The number of ketones is 1. The Labute approximate surface area is 224 Å². The highest BCUT2D eigenvalue weighted by atomic mass is 32.1. The van der Waals surface area contributed by atoms with Crippen LogP contribution in [0.1, 0.15) is 60.4 Å². The van der Waals surface area contributed by atoms with Gasteiger partial charge in [0.15, 0.2) is 17.1 Å². The second-order valence-corrected chi connectivity index (χ2v) is 13.2. The molecular weight excluding hydrogens is 520 g/mol. The van der Waals surface area contributed by atoms with Crippen LogP contribution in [0.5, 0.6) is 0 Å². The summed E-state index contributed by atoms with van der Waals surface area (Å²) >= 11 is 5.33. The van der Waals surface area contributed by atoms with Crippen LogP contribution in [-0.4, -0.2) is 50.5 Å². The zero-order valence-corrected chi connectivity index (χ0v) is 23.1. The van der Waals surface area contributed by atoms with Crippen LogP contribution in [-0.2, 0) is 14.3 Å². The van der Waals surface area contributed by atoms with Crippen molar-refractivity contribution in [2.24, 2.45) is 28.6 Å². The predicted octanol–water partition coefficient (Wildman–Crippen LogP) is 4.68. The maximum absolute atomic E-state index is 17.4. The smallest absolute Gasteiger partial charge is 0.351 e. The van der Waals surface area contributed by atoms with E-state index in [1.54, 1.807) is 27.7 Å². The van der Waals surface area contributed by atoms with Crippen LogP contribution in [0.15, 0.2) is 23.8 Å². The Morgan fingerprint density at radius 2 is 1.92 bits per heavy atom. The average molecular weight is 552 g/mol. The maximum atomic E-state index is 17.4. The SMILES string of the molecule is Cc1nc(C)c(C(=O)OC2(C(=O)S)C(C)C[C@H]3[C@@H]4CC(F)C5=CC(=O)C=C[C@]5(C)C4(F)C(O)C[C@@]32C)s1. The number of thiol groups is 1. The van der Waals surface area contributed by atoms with Crippen LogP contribution in [0.2, 0.25) is 0 Å². The van der Waals surface area contributed by atoms with E-state index in [1.165, 1.54) is 19.1 Å². The zero-order valence-electron chi connectivity index (χ0n) is 21.4. The number of aliphatic hydroxyl groups excluding tert-OH is 1. The van der Waals surface area contributed by atoms with Gasteiger partial charge in [-0.2, -0.15) is 0 Å². The second-order valence-electron chi connectivity index (χ2n) is 11.6. The highest BCUT2D eigenvalue weighted by Crippen LogP contribution is 2.71. The number of ether oxygens (including phenoxy) is 1. The van der Waals surface area contributed by atoms with Crippen molar-refractivity contribution in [1.29, 1.82) is 0 Å². The van der Waals surface area contributed by atoms with Crippen molar-refractivity contribution in [3.8, 4) is 0 Å². The molecule has 1 aromatic rings. The molecule has 0 bridgehead atoms. The van der Waals surface area contributed by atoms with Crippen molar-refractivity contribution in [2.75, 3.05) is 0 Å². The number of carbonyl (C=O) groups excluding carboxylic acids is 3. The second kappa shape index (κ2) is 8.29. The molecule has 200 valence electrons. The normalized spacial score (nSPS) is 44.5. The molecule has 4 aliphatic rings. The van der Waals surface area contributed by atoms with Crippen LogP contribution in [0, 0.1) is 42.4 Å². The number of aromatic nitrogens is 1. The maximum Gasteiger partial charge on any atom is 0.351 e. The Morgan fingerprint density at radius 1 is 1.24 bits per heavy atom. The molecule has 37 heavy (non-hydrogen) atoms. The van der Waals surface area contributed by atoms with Gasteiger partial charge in [0.2, 0.25) is 5.12 Å². The Hall–Kier alpha value is -1.91. The van der Waals surface area contributed by atoms with E-state index in [4.69, 9.17) is 4.74 Å². The van der Waals surface area contributed by atoms with E-state index in [-0.39, 0.29) is 29.7 Å². The zero-order chi connectivity index (χ0) is 27.3. The Kier molecular flexibility index (Phi) is 5.98. The van der Waals surface area contributed by atoms with Crippen molar-refractivity contribution in [3.63, 3.8) is 0 Å². The first-order chi connectivity index (χ1) is 17.1. The molecule has 1 N–H and O–H groups in total. The summed E-state index contributed by atoms with van der Waals surface area (Å²) in [6, 6.07) is 0. The highest BCUT2D eigenvalue weighted by molar-refractivity contribution is 7.96. The van der Waals surface area contributed by atoms with Crippen molar-refractivity contribution in [2.45, 2.75) is 77.4 Å². The minimum atomic E-state index is -2.28. The molecule has 5 rings (SSSR count). The van der Waals surface area contributed by atoms with Crippen LogP contribution in [0.3, 0.4) is 0 Å². The van der Waals surface area contributed by atoms with Crippen molar-refractivity contribution in [1.82, 2.24) is 4.98 Å². The third kappa shape index (κ3) is 3.24. The van der Waals surface area contributed by atoms with Crippen molar-refractivity contribution in [3.05, 3.63) is 39.4 Å². The number of aryl methyl sites for hydroxylation is 2. The van der Waals surface area contributed by atoms with E-state index in [1.807, 2.05) is 0 Å². The van der Waals surface area contributed by atoms with Gasteiger partial charge in [0, 0.05) is 22.7 Å². The molecule has 6 nitrogen and oxygen atoms in total. The minimum Gasteiger partial charge on any atom is -0.445 e. The fourth-order valence-electron chi connectivity index (χ4n) is 8.15. The number of aliphatic hydroxyl groups is 1. The Balaban J connectivity index is 1.62. The lowest BCUT2D eigenvalue weighted by molar-refractivity contribution is -0.221. The van der Waals surface area contributed by atoms with Gasteiger partial charge in [0.05, 0.1) is 16.8 Å². The van der Waals surface area contributed by atoms with Gasteiger partial charge in [-0.3, -0.25) is 9.59 Å². The van der Waals surface area contributed by atoms with Crippen molar-refractivity contribution < 1.29 is 33.0 Å². The molecule has 0 spiro atoms. The molecule has 1 aromatic heterocycles. The Morgan fingerprint density at radius 3 is 2.51 bits per heavy atom. The van der Waals surface area contributed by atoms with E-state index in [9.17, 15) is 19.5 Å². The molecule has 3 saturated carbocycles. The number of nitrogens with zero attached hydrogens (tertiary/aromatic N) is 1. The summed E-state index contributed by atoms with van der Waals surface area (Å²) in [6.07, 6.45) is 0.371. The summed E-state index contributed by atoms with van der Waals surface area (Å²) in [4.78, 5) is 43.2. The van der Waals surface area contributed by atoms with Crippen LogP contribution in [0.4, 0.5) is 8.78 Å². The third-order valence-corrected chi connectivity index (χ3v) is 11.2. The summed E-state index contributed by atoms with van der Waals surface area (Å²) in [5.41, 5.74) is -6.27. The van der Waals surface area contributed by atoms with Gasteiger partial charge in [0.25, 0.3) is 0 Å². The Bertz CT molecular complexity index is 1280. The average Bonchev–Trinajstić information content (AvgIpc) is 3.25. The van der Waals surface area contributed by atoms with E-state index in [0.29, 0.717) is 10.7 Å². The molecule has 0 radical (unpaired) electrons. The lowest BCUT2D eigenvalue weighted by Crippen LogP contribution is -2.70.